The molecule has 0 spiro atoms. The van der Waals surface area contributed by atoms with E-state index in [1.54, 1.807) is 12.7 Å². The number of aliphatic imine (C=N–C) groups is 2. The Hall–Kier alpha value is -1.52. The molecular weight excluding hydrogens is 130 g/mol. The lowest BCUT2D eigenvalue weighted by molar-refractivity contribution is 0.771. The lowest BCUT2D eigenvalue weighted by Crippen LogP contribution is -2.31. The molecule has 2 aliphatic rings. The Morgan fingerprint density at radius 3 is 2.70 bits per heavy atom. The number of nitrogens with one attached hydrogen (secondary N) is 2. The summed E-state index contributed by atoms with van der Waals surface area (Å²) in [7, 11) is 0. The number of nitrogens with zero attached hydrogens (tertiary/aromatic N) is 2. The van der Waals surface area contributed by atoms with Gasteiger partial charge in [-0.2, -0.15) is 0 Å². The van der Waals surface area contributed by atoms with Crippen LogP contribution in [0.1, 0.15) is 0 Å². The molecule has 0 aromatic carbocycles. The third kappa shape index (κ3) is 0.570. The molecule has 4 N–H and O–H groups in total. The van der Waals surface area contributed by atoms with Crippen molar-refractivity contribution in [1.82, 2.24) is 10.6 Å². The highest BCUT2D eigenvalue weighted by atomic mass is 15.2. The average molecular weight is 137 g/mol. The minimum absolute atomic E-state index is 0.138. The van der Waals surface area contributed by atoms with Crippen LogP contribution in [-0.2, 0) is 0 Å². The molecule has 52 valence electrons. The van der Waals surface area contributed by atoms with E-state index in [-0.39, 0.29) is 6.17 Å². The molecule has 0 aromatic rings. The SMILES string of the molecule is NC1=C2NC=NC2N=CN1. The van der Waals surface area contributed by atoms with E-state index in [4.69, 9.17) is 5.73 Å². The summed E-state index contributed by atoms with van der Waals surface area (Å²) in [5.74, 6) is 0.595. The van der Waals surface area contributed by atoms with Crippen LogP contribution in [0.25, 0.3) is 0 Å². The second-order valence-electron chi connectivity index (χ2n) is 2.05. The Labute approximate surface area is 57.7 Å². The normalized spacial score (nSPS) is 27.8. The van der Waals surface area contributed by atoms with Crippen LogP contribution in [0.15, 0.2) is 21.5 Å². The third-order valence-corrected chi connectivity index (χ3v) is 1.42. The summed E-state index contributed by atoms with van der Waals surface area (Å²) >= 11 is 0. The highest BCUT2D eigenvalue weighted by Crippen LogP contribution is 2.11. The quantitative estimate of drug-likeness (QED) is 0.388. The van der Waals surface area contributed by atoms with Gasteiger partial charge in [0.2, 0.25) is 0 Å². The first-order valence-electron chi connectivity index (χ1n) is 2.94. The molecule has 0 amide bonds. The van der Waals surface area contributed by atoms with Gasteiger partial charge in [0.15, 0.2) is 6.17 Å². The van der Waals surface area contributed by atoms with Crippen molar-refractivity contribution in [3.05, 3.63) is 11.5 Å². The number of fused-ring (bicyclic) bond motifs is 1. The van der Waals surface area contributed by atoms with Crippen LogP contribution in [0.4, 0.5) is 0 Å². The fourth-order valence-corrected chi connectivity index (χ4v) is 0.912. The van der Waals surface area contributed by atoms with Crippen LogP contribution in [-0.4, -0.2) is 18.8 Å². The summed E-state index contributed by atoms with van der Waals surface area (Å²) < 4.78 is 0. The highest BCUT2D eigenvalue weighted by molar-refractivity contribution is 5.68. The van der Waals surface area contributed by atoms with Crippen LogP contribution in [0.3, 0.4) is 0 Å². The molecule has 0 aromatic heterocycles. The molecule has 2 rings (SSSR count). The van der Waals surface area contributed by atoms with Crippen LogP contribution in [0.2, 0.25) is 0 Å². The maximum Gasteiger partial charge on any atom is 0.186 e. The molecule has 1 atom stereocenters. The largest absolute Gasteiger partial charge is 0.384 e. The van der Waals surface area contributed by atoms with Gasteiger partial charge in [0.1, 0.15) is 11.5 Å². The molecule has 0 aliphatic carbocycles. The predicted octanol–water partition coefficient (Wildman–Crippen LogP) is -1.30. The van der Waals surface area contributed by atoms with Gasteiger partial charge in [-0.1, -0.05) is 0 Å². The average Bonchev–Trinajstić information content (AvgIpc) is 2.36. The predicted molar refractivity (Wildman–Crippen MR) is 38.3 cm³/mol. The van der Waals surface area contributed by atoms with E-state index in [1.165, 1.54) is 0 Å². The Morgan fingerprint density at radius 2 is 2.00 bits per heavy atom. The molecule has 2 heterocycles. The molecule has 5 heteroatoms. The number of nitrogens with two attached hydrogens (primary N) is 1. The monoisotopic (exact) mass is 137 g/mol. The van der Waals surface area contributed by atoms with Crippen LogP contribution >= 0.6 is 0 Å². The smallest absolute Gasteiger partial charge is 0.186 e. The molecule has 1 unspecified atom stereocenters. The highest BCUT2D eigenvalue weighted by Gasteiger charge is 2.20. The van der Waals surface area contributed by atoms with E-state index in [0.29, 0.717) is 5.82 Å². The lowest BCUT2D eigenvalue weighted by Gasteiger charge is -2.13. The first kappa shape index (κ1) is 5.28. The first-order valence-corrected chi connectivity index (χ1v) is 2.94. The molecule has 0 saturated heterocycles. The van der Waals surface area contributed by atoms with Gasteiger partial charge >= 0.3 is 0 Å². The zero-order chi connectivity index (χ0) is 6.97. The minimum atomic E-state index is -0.138. The summed E-state index contributed by atoms with van der Waals surface area (Å²) in [6.45, 7) is 0. The van der Waals surface area contributed by atoms with Gasteiger partial charge in [0.05, 0.1) is 12.7 Å². The fourth-order valence-electron chi connectivity index (χ4n) is 0.912. The first-order chi connectivity index (χ1) is 4.88. The maximum atomic E-state index is 5.55. The number of hydrogen-bond donors (Lipinski definition) is 3. The zero-order valence-corrected chi connectivity index (χ0v) is 5.20. The molecule has 0 saturated carbocycles. The van der Waals surface area contributed by atoms with Gasteiger partial charge < -0.3 is 16.4 Å². The number of rotatable bonds is 0. The van der Waals surface area contributed by atoms with Crippen LogP contribution in [0.5, 0.6) is 0 Å². The van der Waals surface area contributed by atoms with E-state index >= 15 is 0 Å². The van der Waals surface area contributed by atoms with E-state index in [9.17, 15) is 0 Å². The van der Waals surface area contributed by atoms with Crippen molar-refractivity contribution in [2.45, 2.75) is 6.17 Å². The molecule has 5 nitrogen and oxygen atoms in total. The summed E-state index contributed by atoms with van der Waals surface area (Å²) in [6.07, 6.45) is 3.01. The van der Waals surface area contributed by atoms with Crippen LogP contribution < -0.4 is 16.4 Å². The Kier molecular flexibility index (Phi) is 0.913. The topological polar surface area (TPSA) is 74.8 Å². The Morgan fingerprint density at radius 1 is 1.30 bits per heavy atom. The Bertz CT molecular complexity index is 238. The van der Waals surface area contributed by atoms with Gasteiger partial charge in [-0.05, 0) is 0 Å². The van der Waals surface area contributed by atoms with Gasteiger partial charge in [-0.3, -0.25) is 0 Å². The van der Waals surface area contributed by atoms with Crippen molar-refractivity contribution in [2.75, 3.05) is 0 Å². The van der Waals surface area contributed by atoms with E-state index < -0.39 is 0 Å². The van der Waals surface area contributed by atoms with Gasteiger partial charge in [0, 0.05) is 0 Å². The standard InChI is InChI=1S/C5H7N5/c6-4-3-5(9-1-7-3)10-2-8-4/h1-2,5H,6H2,(H,7,9)(H,8,10). The van der Waals surface area contributed by atoms with Crippen molar-refractivity contribution in [3.63, 3.8) is 0 Å². The molecule has 2 aliphatic heterocycles. The third-order valence-electron chi connectivity index (χ3n) is 1.42. The summed E-state index contributed by atoms with van der Waals surface area (Å²) in [4.78, 5) is 8.00. The van der Waals surface area contributed by atoms with Gasteiger partial charge in [-0.15, -0.1) is 0 Å². The molecule has 0 radical (unpaired) electrons. The van der Waals surface area contributed by atoms with Crippen molar-refractivity contribution < 1.29 is 0 Å². The number of hydrogen-bond acceptors (Lipinski definition) is 5. The summed E-state index contributed by atoms with van der Waals surface area (Å²) in [6, 6.07) is 0. The molecular formula is C5H7N5. The summed E-state index contributed by atoms with van der Waals surface area (Å²) in [5, 5.41) is 5.67. The van der Waals surface area contributed by atoms with Crippen molar-refractivity contribution in [1.29, 1.82) is 0 Å². The van der Waals surface area contributed by atoms with Gasteiger partial charge in [-0.25, -0.2) is 9.98 Å². The van der Waals surface area contributed by atoms with E-state index in [0.717, 1.165) is 5.70 Å². The van der Waals surface area contributed by atoms with E-state index in [2.05, 4.69) is 20.6 Å². The van der Waals surface area contributed by atoms with E-state index in [1.807, 2.05) is 0 Å². The minimum Gasteiger partial charge on any atom is -0.384 e. The molecule has 10 heavy (non-hydrogen) atoms. The van der Waals surface area contributed by atoms with Crippen molar-refractivity contribution in [3.8, 4) is 0 Å². The van der Waals surface area contributed by atoms with Crippen LogP contribution in [0, 0.1) is 0 Å². The second-order valence-corrected chi connectivity index (χ2v) is 2.05. The molecule has 0 bridgehead atoms. The second kappa shape index (κ2) is 1.73. The molecule has 0 fully saturated rings. The van der Waals surface area contributed by atoms with Crippen molar-refractivity contribution >= 4 is 12.7 Å². The van der Waals surface area contributed by atoms with Crippen molar-refractivity contribution in [2.24, 2.45) is 15.7 Å². The fraction of sp³-hybridized carbons (Fsp3) is 0.200. The lowest BCUT2D eigenvalue weighted by atomic mass is 10.3. The Balaban J connectivity index is 2.36. The summed E-state index contributed by atoms with van der Waals surface area (Å²) in [5.41, 5.74) is 6.39. The zero-order valence-electron chi connectivity index (χ0n) is 5.20. The maximum absolute atomic E-state index is 5.55. The van der Waals surface area contributed by atoms with Gasteiger partial charge in [0.25, 0.3) is 0 Å².